The molecule has 1 atom stereocenters. The van der Waals surface area contributed by atoms with E-state index in [1.165, 1.54) is 7.11 Å². The molecule has 0 aromatic heterocycles. The molecule has 1 saturated heterocycles. The predicted molar refractivity (Wildman–Crippen MR) is 129 cm³/mol. The lowest BCUT2D eigenvalue weighted by molar-refractivity contribution is -0.145. The molecule has 1 fully saturated rings. The fraction of sp³-hybridized carbons (Fsp3) is 0.481. The number of rotatable bonds is 10. The highest BCUT2D eigenvalue weighted by Crippen LogP contribution is 2.22. The van der Waals surface area contributed by atoms with Crippen LogP contribution >= 0.6 is 0 Å². The van der Waals surface area contributed by atoms with Crippen molar-refractivity contribution in [3.05, 3.63) is 65.7 Å². The van der Waals surface area contributed by atoms with E-state index in [2.05, 4.69) is 24.1 Å². The van der Waals surface area contributed by atoms with E-state index >= 15 is 0 Å². The van der Waals surface area contributed by atoms with E-state index < -0.39 is 12.0 Å². The van der Waals surface area contributed by atoms with Gasteiger partial charge in [-0.25, -0.2) is 4.79 Å². The Bertz CT molecular complexity index is 875. The van der Waals surface area contributed by atoms with Crippen molar-refractivity contribution >= 4 is 11.9 Å². The summed E-state index contributed by atoms with van der Waals surface area (Å²) in [4.78, 5) is 27.4. The number of ether oxygens (including phenoxy) is 2. The number of carbonyl (C=O) groups excluding carboxylic acids is 2. The summed E-state index contributed by atoms with van der Waals surface area (Å²) in [6.45, 7) is 6.95. The lowest BCUT2D eigenvalue weighted by Crippen LogP contribution is -2.44. The first-order valence-corrected chi connectivity index (χ1v) is 11.8. The number of piperidine rings is 1. The molecule has 2 aromatic rings. The molecule has 1 aliphatic heterocycles. The molecule has 2 aromatic carbocycles. The monoisotopic (exact) mass is 452 g/mol. The van der Waals surface area contributed by atoms with E-state index in [1.54, 1.807) is 0 Å². The highest BCUT2D eigenvalue weighted by molar-refractivity contribution is 5.84. The predicted octanol–water partition coefficient (Wildman–Crippen LogP) is 3.98. The van der Waals surface area contributed by atoms with Crippen LogP contribution in [-0.4, -0.2) is 49.1 Å². The topological polar surface area (TPSA) is 67.9 Å². The van der Waals surface area contributed by atoms with E-state index in [0.29, 0.717) is 31.4 Å². The van der Waals surface area contributed by atoms with Gasteiger partial charge < -0.3 is 19.7 Å². The summed E-state index contributed by atoms with van der Waals surface area (Å²) < 4.78 is 10.8. The van der Waals surface area contributed by atoms with Gasteiger partial charge in [-0.2, -0.15) is 0 Å². The molecular formula is C27H36N2O4. The molecule has 0 saturated carbocycles. The van der Waals surface area contributed by atoms with Gasteiger partial charge in [-0.3, -0.25) is 4.79 Å². The lowest BCUT2D eigenvalue weighted by atomic mass is 9.92. The van der Waals surface area contributed by atoms with Crippen molar-refractivity contribution < 1.29 is 19.1 Å². The molecule has 3 rings (SSSR count). The quantitative estimate of drug-likeness (QED) is 0.553. The van der Waals surface area contributed by atoms with Crippen LogP contribution in [-0.2, 0) is 27.4 Å². The average molecular weight is 453 g/mol. The van der Waals surface area contributed by atoms with Crippen LogP contribution in [0.3, 0.4) is 0 Å². The summed E-state index contributed by atoms with van der Waals surface area (Å²) in [6.07, 6.45) is 2.85. The van der Waals surface area contributed by atoms with Gasteiger partial charge in [0.1, 0.15) is 18.4 Å². The number of hydrogen-bond acceptors (Lipinski definition) is 5. The lowest BCUT2D eigenvalue weighted by Gasteiger charge is -2.34. The first-order valence-electron chi connectivity index (χ1n) is 11.8. The van der Waals surface area contributed by atoms with Gasteiger partial charge in [0.2, 0.25) is 5.91 Å². The maximum atomic E-state index is 12.7. The van der Waals surface area contributed by atoms with Crippen LogP contribution in [0.2, 0.25) is 0 Å². The van der Waals surface area contributed by atoms with Crippen molar-refractivity contribution in [2.45, 2.75) is 58.2 Å². The molecule has 0 aliphatic carbocycles. The second-order valence-electron chi connectivity index (χ2n) is 9.04. The van der Waals surface area contributed by atoms with Gasteiger partial charge in [0.05, 0.1) is 7.11 Å². The zero-order chi connectivity index (χ0) is 23.6. The Labute approximate surface area is 197 Å². The van der Waals surface area contributed by atoms with E-state index in [1.807, 2.05) is 54.6 Å². The molecule has 1 heterocycles. The molecule has 178 valence electrons. The van der Waals surface area contributed by atoms with Crippen LogP contribution in [0.15, 0.2) is 54.6 Å². The van der Waals surface area contributed by atoms with E-state index in [4.69, 9.17) is 9.47 Å². The third-order valence-electron chi connectivity index (χ3n) is 6.29. The number of carbonyl (C=O) groups is 2. The van der Waals surface area contributed by atoms with Gasteiger partial charge in [0.25, 0.3) is 0 Å². The smallest absolute Gasteiger partial charge is 0.328 e. The Kier molecular flexibility index (Phi) is 9.31. The third-order valence-corrected chi connectivity index (χ3v) is 6.29. The van der Waals surface area contributed by atoms with Crippen molar-refractivity contribution in [2.24, 2.45) is 5.92 Å². The van der Waals surface area contributed by atoms with E-state index in [0.717, 1.165) is 42.8 Å². The zero-order valence-corrected chi connectivity index (χ0v) is 20.0. The summed E-state index contributed by atoms with van der Waals surface area (Å²) >= 11 is 0. The van der Waals surface area contributed by atoms with Gasteiger partial charge in [-0.05, 0) is 69.0 Å². The van der Waals surface area contributed by atoms with Crippen LogP contribution in [0.25, 0.3) is 0 Å². The van der Waals surface area contributed by atoms with Crippen molar-refractivity contribution in [2.75, 3.05) is 20.2 Å². The van der Waals surface area contributed by atoms with Crippen LogP contribution in [0.4, 0.5) is 0 Å². The molecule has 6 nitrogen and oxygen atoms in total. The van der Waals surface area contributed by atoms with Crippen LogP contribution in [0.1, 0.15) is 44.2 Å². The maximum absolute atomic E-state index is 12.7. The first kappa shape index (κ1) is 24.8. The van der Waals surface area contributed by atoms with Crippen molar-refractivity contribution in [1.82, 2.24) is 10.2 Å². The Balaban J connectivity index is 1.50. The van der Waals surface area contributed by atoms with Gasteiger partial charge in [-0.1, -0.05) is 42.5 Å². The molecule has 1 amide bonds. The number of methoxy groups -OCH3 is 1. The fourth-order valence-electron chi connectivity index (χ4n) is 4.22. The van der Waals surface area contributed by atoms with Crippen molar-refractivity contribution in [3.8, 4) is 5.75 Å². The first-order chi connectivity index (χ1) is 15.9. The molecule has 1 aliphatic rings. The highest BCUT2D eigenvalue weighted by Gasteiger charge is 2.26. The summed E-state index contributed by atoms with van der Waals surface area (Å²) in [5, 5.41) is 2.90. The molecule has 1 N–H and O–H groups in total. The summed E-state index contributed by atoms with van der Waals surface area (Å²) in [7, 11) is 1.35. The molecule has 0 radical (unpaired) electrons. The number of nitrogens with one attached hydrogen (secondary N) is 1. The summed E-state index contributed by atoms with van der Waals surface area (Å²) in [5.41, 5.74) is 2.04. The second kappa shape index (κ2) is 12.4. The van der Waals surface area contributed by atoms with Gasteiger partial charge in [-0.15, -0.1) is 0 Å². The number of esters is 1. The Morgan fingerprint density at radius 3 is 2.27 bits per heavy atom. The van der Waals surface area contributed by atoms with E-state index in [9.17, 15) is 9.59 Å². The highest BCUT2D eigenvalue weighted by atomic mass is 16.5. The molecule has 33 heavy (non-hydrogen) atoms. The molecule has 0 unspecified atom stereocenters. The minimum atomic E-state index is -0.700. The Morgan fingerprint density at radius 1 is 1.00 bits per heavy atom. The minimum Gasteiger partial charge on any atom is -0.489 e. The average Bonchev–Trinajstić information content (AvgIpc) is 2.83. The largest absolute Gasteiger partial charge is 0.489 e. The number of hydrogen-bond donors (Lipinski definition) is 1. The number of nitrogens with zero attached hydrogens (tertiary/aromatic N) is 1. The SMILES string of the molecule is COC(=O)[C@H](Cc1ccc(OCc2ccccc2)cc1)NC(=O)CC1CCN(C(C)C)CC1. The molecule has 0 spiro atoms. The van der Waals surface area contributed by atoms with Crippen molar-refractivity contribution in [3.63, 3.8) is 0 Å². The van der Waals surface area contributed by atoms with Crippen LogP contribution < -0.4 is 10.1 Å². The summed E-state index contributed by atoms with van der Waals surface area (Å²) in [5.74, 6) is 0.604. The Morgan fingerprint density at radius 2 is 1.67 bits per heavy atom. The van der Waals surface area contributed by atoms with Gasteiger partial charge in [0.15, 0.2) is 0 Å². The fourth-order valence-corrected chi connectivity index (χ4v) is 4.22. The summed E-state index contributed by atoms with van der Waals surface area (Å²) in [6, 6.07) is 17.4. The standard InChI is InChI=1S/C27H36N2O4/c1-20(2)29-15-13-22(14-16-29)18-26(30)28-25(27(31)32-3)17-21-9-11-24(12-10-21)33-19-23-7-5-4-6-8-23/h4-12,20,22,25H,13-19H2,1-3H3,(H,28,30)/t25-/m0/s1. The van der Waals surface area contributed by atoms with Gasteiger partial charge >= 0.3 is 5.97 Å². The van der Waals surface area contributed by atoms with Crippen LogP contribution in [0, 0.1) is 5.92 Å². The number of benzene rings is 2. The van der Waals surface area contributed by atoms with E-state index in [-0.39, 0.29) is 5.91 Å². The van der Waals surface area contributed by atoms with Crippen LogP contribution in [0.5, 0.6) is 5.75 Å². The third kappa shape index (κ3) is 7.90. The molecule has 0 bridgehead atoms. The number of amides is 1. The molecular weight excluding hydrogens is 416 g/mol. The van der Waals surface area contributed by atoms with Gasteiger partial charge in [0, 0.05) is 18.9 Å². The zero-order valence-electron chi connectivity index (χ0n) is 20.0. The number of likely N-dealkylation sites (tertiary alicyclic amines) is 1. The normalized spacial score (nSPS) is 15.8. The second-order valence-corrected chi connectivity index (χ2v) is 9.04. The molecule has 6 heteroatoms. The minimum absolute atomic E-state index is 0.0868. The maximum Gasteiger partial charge on any atom is 0.328 e. The van der Waals surface area contributed by atoms with Crippen molar-refractivity contribution in [1.29, 1.82) is 0 Å². The Hall–Kier alpha value is -2.86.